The molecule has 0 aromatic heterocycles. The van der Waals surface area contributed by atoms with Gasteiger partial charge in [-0.05, 0) is 54.5 Å². The molecule has 1 amide bonds. The van der Waals surface area contributed by atoms with Crippen molar-refractivity contribution < 1.29 is 64.2 Å². The molecule has 1 saturated carbocycles. The second kappa shape index (κ2) is 14.2. The maximum atomic E-state index is 12.9. The summed E-state index contributed by atoms with van der Waals surface area (Å²) in [7, 11) is 0. The number of benzene rings is 2. The fourth-order valence-corrected chi connectivity index (χ4v) is 5.47. The predicted octanol–water partition coefficient (Wildman–Crippen LogP) is -1.06. The minimum atomic E-state index is -1.51. The molecule has 2 aromatic rings. The molecule has 244 valence electrons. The van der Waals surface area contributed by atoms with E-state index in [-0.39, 0.29) is 36.0 Å². The van der Waals surface area contributed by atoms with Crippen molar-refractivity contribution in [2.75, 3.05) is 20.0 Å². The molecule has 2 aromatic carbocycles. The van der Waals surface area contributed by atoms with Gasteiger partial charge in [0.15, 0.2) is 11.5 Å². The lowest BCUT2D eigenvalue weighted by Crippen LogP contribution is -2.67. The molecule has 3 fully saturated rings. The monoisotopic (exact) mass is 631 g/mol. The van der Waals surface area contributed by atoms with Gasteiger partial charge in [-0.3, -0.25) is 4.79 Å². The Labute approximate surface area is 258 Å². The van der Waals surface area contributed by atoms with Crippen LogP contribution in [0.25, 0.3) is 6.08 Å². The number of fused-ring (bicyclic) bond motifs is 1. The van der Waals surface area contributed by atoms with Gasteiger partial charge in [-0.2, -0.15) is 0 Å². The van der Waals surface area contributed by atoms with Crippen LogP contribution in [0.3, 0.4) is 0 Å². The van der Waals surface area contributed by atoms with Crippen molar-refractivity contribution in [3.8, 4) is 17.2 Å². The van der Waals surface area contributed by atoms with Crippen molar-refractivity contribution in [3.63, 3.8) is 0 Å². The zero-order valence-electron chi connectivity index (χ0n) is 24.2. The summed E-state index contributed by atoms with van der Waals surface area (Å²) in [6, 6.07) is 12.0. The van der Waals surface area contributed by atoms with Gasteiger partial charge in [-0.25, -0.2) is 0 Å². The maximum absolute atomic E-state index is 12.9. The third-order valence-corrected chi connectivity index (χ3v) is 7.98. The lowest BCUT2D eigenvalue weighted by atomic mass is 9.83. The van der Waals surface area contributed by atoms with Crippen LogP contribution in [0, 0.1) is 0 Å². The van der Waals surface area contributed by atoms with Gasteiger partial charge >= 0.3 is 0 Å². The first kappa shape index (κ1) is 32.8. The minimum Gasteiger partial charge on any atom is -0.504 e. The molecule has 5 unspecified atom stereocenters. The van der Waals surface area contributed by atoms with Crippen molar-refractivity contribution in [1.82, 2.24) is 5.32 Å². The van der Waals surface area contributed by atoms with E-state index in [0.29, 0.717) is 11.3 Å². The minimum absolute atomic E-state index is 0.0788. The third-order valence-electron chi connectivity index (χ3n) is 7.98. The van der Waals surface area contributed by atoms with E-state index < -0.39 is 73.7 Å². The number of aromatic hydroxyl groups is 1. The summed E-state index contributed by atoms with van der Waals surface area (Å²) in [5, 5.41) is 75.5. The highest BCUT2D eigenvalue weighted by atomic mass is 16.7. The second-order valence-electron chi connectivity index (χ2n) is 11.0. The fourth-order valence-electron chi connectivity index (χ4n) is 5.47. The molecular weight excluding hydrogens is 594 g/mol. The Kier molecular flexibility index (Phi) is 10.4. The zero-order valence-corrected chi connectivity index (χ0v) is 24.2. The van der Waals surface area contributed by atoms with Crippen molar-refractivity contribution >= 4 is 12.0 Å². The Hall–Kier alpha value is -3.57. The van der Waals surface area contributed by atoms with Gasteiger partial charge in [0.2, 0.25) is 12.2 Å². The average molecular weight is 632 g/mol. The second-order valence-corrected chi connectivity index (χ2v) is 11.0. The summed E-state index contributed by atoms with van der Waals surface area (Å²) in [6.07, 6.45) is -8.48. The molecule has 8 N–H and O–H groups in total. The Morgan fingerprint density at radius 2 is 1.67 bits per heavy atom. The quantitative estimate of drug-likeness (QED) is 0.116. The predicted molar refractivity (Wildman–Crippen MR) is 155 cm³/mol. The van der Waals surface area contributed by atoms with Crippen LogP contribution in [0.1, 0.15) is 12.5 Å². The van der Waals surface area contributed by atoms with Gasteiger partial charge in [0.1, 0.15) is 68.0 Å². The highest BCUT2D eigenvalue weighted by Gasteiger charge is 2.53. The highest BCUT2D eigenvalue weighted by Crippen LogP contribution is 2.34. The summed E-state index contributed by atoms with van der Waals surface area (Å²) in [5.41, 5.74) is 0.816. The Morgan fingerprint density at radius 1 is 0.956 bits per heavy atom. The van der Waals surface area contributed by atoms with E-state index in [1.807, 2.05) is 18.2 Å². The number of aliphatic hydroxyl groups excluding tert-OH is 6. The number of carbonyl (C=O) groups is 1. The van der Waals surface area contributed by atoms with E-state index >= 15 is 0 Å². The third kappa shape index (κ3) is 7.14. The Bertz CT molecular complexity index is 1380. The van der Waals surface area contributed by atoms with Gasteiger partial charge < -0.3 is 64.7 Å². The lowest BCUT2D eigenvalue weighted by molar-refractivity contribution is -0.155. The molecule has 2 saturated heterocycles. The van der Waals surface area contributed by atoms with Gasteiger partial charge in [-0.1, -0.05) is 24.3 Å². The first-order chi connectivity index (χ1) is 21.6. The van der Waals surface area contributed by atoms with Gasteiger partial charge in [0, 0.05) is 5.57 Å². The van der Waals surface area contributed by atoms with Crippen LogP contribution in [-0.2, 0) is 19.0 Å². The molecule has 14 nitrogen and oxygen atoms in total. The van der Waals surface area contributed by atoms with Gasteiger partial charge in [-0.15, -0.1) is 0 Å². The number of nitrogens with one attached hydrogen (secondary N) is 1. The van der Waals surface area contributed by atoms with E-state index in [9.17, 15) is 40.5 Å². The Morgan fingerprint density at radius 3 is 2.36 bits per heavy atom. The number of hydrogen-bond acceptors (Lipinski definition) is 13. The number of ether oxygens (including phenoxy) is 5. The molecule has 0 bridgehead atoms. The summed E-state index contributed by atoms with van der Waals surface area (Å²) in [5.74, 6) is -0.472. The van der Waals surface area contributed by atoms with E-state index in [2.05, 4.69) is 5.32 Å². The summed E-state index contributed by atoms with van der Waals surface area (Å²) >= 11 is 0. The fraction of sp³-hybridized carbons (Fsp3) is 0.452. The van der Waals surface area contributed by atoms with Crippen LogP contribution in [0.2, 0.25) is 0 Å². The van der Waals surface area contributed by atoms with E-state index in [1.54, 1.807) is 18.2 Å². The highest BCUT2D eigenvalue weighted by molar-refractivity contribution is 5.97. The summed E-state index contributed by atoms with van der Waals surface area (Å²) in [4.78, 5) is 12.9. The molecule has 45 heavy (non-hydrogen) atoms. The molecule has 2 heterocycles. The molecule has 0 radical (unpaired) electrons. The molecule has 5 rings (SSSR count). The van der Waals surface area contributed by atoms with Crippen LogP contribution in [0.5, 0.6) is 17.2 Å². The number of carbonyl (C=O) groups excluding carboxylic acids is 1. The molecule has 1 aliphatic carbocycles. The molecule has 3 aliphatic rings. The number of phenols is 1. The molecule has 2 aliphatic heterocycles. The van der Waals surface area contributed by atoms with Crippen molar-refractivity contribution in [2.24, 2.45) is 0 Å². The van der Waals surface area contributed by atoms with Crippen LogP contribution in [0.4, 0.5) is 0 Å². The van der Waals surface area contributed by atoms with Gasteiger partial charge in [0.25, 0.3) is 0 Å². The number of aliphatic hydroxyl groups is 6. The van der Waals surface area contributed by atoms with Crippen LogP contribution in [0.15, 0.2) is 65.8 Å². The maximum Gasteiger partial charge on any atom is 0.247 e. The molecule has 0 spiro atoms. The smallest absolute Gasteiger partial charge is 0.247 e. The lowest BCUT2D eigenvalue weighted by Gasteiger charge is -2.41. The number of para-hydroxylation sites is 1. The number of phenolic OH excluding ortho intramolecular Hbond substituents is 1. The summed E-state index contributed by atoms with van der Waals surface area (Å²) < 4.78 is 27.4. The number of amides is 1. The molecule has 10 atom stereocenters. The van der Waals surface area contributed by atoms with Crippen LogP contribution < -0.4 is 14.8 Å². The van der Waals surface area contributed by atoms with E-state index in [1.165, 1.54) is 31.2 Å². The number of rotatable bonds is 10. The first-order valence-electron chi connectivity index (χ1n) is 14.3. The zero-order chi connectivity index (χ0) is 32.2. The molecular formula is C31H37NO13. The van der Waals surface area contributed by atoms with Crippen molar-refractivity contribution in [1.29, 1.82) is 0 Å². The topological polar surface area (TPSA) is 217 Å². The number of hydrogen-bond donors (Lipinski definition) is 8. The van der Waals surface area contributed by atoms with Crippen molar-refractivity contribution in [2.45, 2.75) is 68.1 Å². The van der Waals surface area contributed by atoms with Crippen LogP contribution in [-0.4, -0.2) is 123 Å². The van der Waals surface area contributed by atoms with Crippen molar-refractivity contribution in [3.05, 3.63) is 71.3 Å². The SMILES string of the molecule is C/C(=C\c1ccc(O[C@@H]2OC(/C(=C/COc3ccccc3)CO)[C@@H](O)C2O)c(O)c1)C(=O)NC1C(O)[C@@H](O)[C@H]2OCO[C@H]2C1O. The van der Waals surface area contributed by atoms with Gasteiger partial charge in [0.05, 0.1) is 12.6 Å². The van der Waals surface area contributed by atoms with E-state index in [0.717, 1.165) is 0 Å². The van der Waals surface area contributed by atoms with Crippen LogP contribution >= 0.6 is 0 Å². The summed E-state index contributed by atoms with van der Waals surface area (Å²) in [6.45, 7) is 0.933. The largest absolute Gasteiger partial charge is 0.504 e. The molecule has 14 heteroatoms. The average Bonchev–Trinajstić information content (AvgIpc) is 3.63. The first-order valence-corrected chi connectivity index (χ1v) is 14.3. The normalized spacial score (nSPS) is 33.5. The van der Waals surface area contributed by atoms with E-state index in [4.69, 9.17) is 23.7 Å². The standard InChI is InChI=1S/C31H37NO13/c1-15(30(40)32-21-22(35)24(37)29-28(23(21)36)42-14-43-29)11-16-7-8-20(19(34)12-16)44-31-26(39)25(38)27(45-31)17(13-33)9-10-41-18-5-3-2-4-6-18/h2-9,11-12,21-29,31,33-39H,10,13-14H2,1H3,(H,32,40)/b15-11+,17-9+/t21?,22?,23?,24-,25+,26?,27?,28+,29-,31-/m1/s1. The Balaban J connectivity index is 1.20.